The number of hydrogen-bond donors (Lipinski definition) is 2. The molecule has 3 N–H and O–H groups in total. The van der Waals surface area contributed by atoms with Crippen molar-refractivity contribution in [2.24, 2.45) is 5.73 Å². The largest absolute Gasteiger partial charge is 0.350 e. The van der Waals surface area contributed by atoms with Gasteiger partial charge in [-0.05, 0) is 12.8 Å². The highest BCUT2D eigenvalue weighted by Crippen LogP contribution is 2.26. The van der Waals surface area contributed by atoms with Crippen LogP contribution >= 0.6 is 0 Å². The smallest absolute Gasteiger partial charge is 0.182 e. The van der Waals surface area contributed by atoms with E-state index in [9.17, 15) is 0 Å². The molecule has 0 aromatic carbocycles. The molecule has 1 saturated heterocycles. The lowest BCUT2D eigenvalue weighted by Gasteiger charge is -2.30. The predicted octanol–water partition coefficient (Wildman–Crippen LogP) is 1.06. The summed E-state index contributed by atoms with van der Waals surface area (Å²) in [6.45, 7) is 1.67. The molecule has 6 nitrogen and oxygen atoms in total. The highest BCUT2D eigenvalue weighted by Gasteiger charge is 2.23. The Hall–Kier alpha value is -1.69. The first-order chi connectivity index (χ1) is 8.90. The first kappa shape index (κ1) is 11.4. The maximum Gasteiger partial charge on any atom is 0.182 e. The third-order valence-corrected chi connectivity index (χ3v) is 3.62. The fourth-order valence-electron chi connectivity index (χ4n) is 2.67. The van der Waals surface area contributed by atoms with Gasteiger partial charge in [0, 0.05) is 19.1 Å². The zero-order valence-corrected chi connectivity index (χ0v) is 10.3. The Bertz CT molecular complexity index is 522. The Kier molecular flexibility index (Phi) is 3.10. The van der Waals surface area contributed by atoms with E-state index in [0.717, 1.165) is 29.9 Å². The van der Waals surface area contributed by atoms with E-state index in [0.29, 0.717) is 12.6 Å². The minimum absolute atomic E-state index is 0.369. The van der Waals surface area contributed by atoms with Crippen LogP contribution in [0.5, 0.6) is 0 Å². The fourth-order valence-corrected chi connectivity index (χ4v) is 2.67. The van der Waals surface area contributed by atoms with Crippen LogP contribution in [-0.2, 0) is 0 Å². The van der Waals surface area contributed by atoms with Gasteiger partial charge in [0.1, 0.15) is 11.8 Å². The van der Waals surface area contributed by atoms with Crippen molar-refractivity contribution in [1.82, 2.24) is 19.9 Å². The van der Waals surface area contributed by atoms with Gasteiger partial charge in [0.05, 0.1) is 6.33 Å². The molecule has 3 heterocycles. The molecule has 6 heteroatoms. The number of anilines is 1. The van der Waals surface area contributed by atoms with Crippen molar-refractivity contribution in [1.29, 1.82) is 0 Å². The molecule has 0 aliphatic carbocycles. The first-order valence-electron chi connectivity index (χ1n) is 6.51. The number of nitrogens with two attached hydrogens (primary N) is 1. The monoisotopic (exact) mass is 246 g/mol. The molecule has 2 aromatic heterocycles. The molecule has 18 heavy (non-hydrogen) atoms. The van der Waals surface area contributed by atoms with E-state index in [1.54, 1.807) is 12.7 Å². The zero-order valence-electron chi connectivity index (χ0n) is 10.3. The molecule has 1 unspecified atom stereocenters. The Balaban J connectivity index is 2.02. The van der Waals surface area contributed by atoms with Gasteiger partial charge in [-0.1, -0.05) is 12.8 Å². The van der Waals surface area contributed by atoms with Gasteiger partial charge in [-0.3, -0.25) is 0 Å². The number of aromatic nitrogens is 4. The quantitative estimate of drug-likeness (QED) is 0.827. The second-order valence-corrected chi connectivity index (χ2v) is 4.73. The predicted molar refractivity (Wildman–Crippen MR) is 70.3 cm³/mol. The Labute approximate surface area is 106 Å². The first-order valence-corrected chi connectivity index (χ1v) is 6.51. The summed E-state index contributed by atoms with van der Waals surface area (Å²) >= 11 is 0. The van der Waals surface area contributed by atoms with Crippen LogP contribution < -0.4 is 10.6 Å². The van der Waals surface area contributed by atoms with Crippen molar-refractivity contribution in [3.05, 3.63) is 12.7 Å². The summed E-state index contributed by atoms with van der Waals surface area (Å²) in [5, 5.41) is 0. The number of imidazole rings is 1. The standard InChI is InChI=1S/C12H18N6/c13-6-9-4-2-1-3-5-18(9)12-10-11(15-7-14-10)16-8-17-12/h7-9H,1-6,13H2,(H,14,15,16,17). The van der Waals surface area contributed by atoms with Crippen LogP contribution in [0.1, 0.15) is 25.7 Å². The molecule has 96 valence electrons. The molecule has 0 saturated carbocycles. The number of fused-ring (bicyclic) bond motifs is 1. The van der Waals surface area contributed by atoms with E-state index < -0.39 is 0 Å². The third kappa shape index (κ3) is 1.92. The summed E-state index contributed by atoms with van der Waals surface area (Å²) < 4.78 is 0. The number of nitrogens with one attached hydrogen (secondary N) is 1. The van der Waals surface area contributed by atoms with Gasteiger partial charge < -0.3 is 15.6 Å². The molecular formula is C12H18N6. The van der Waals surface area contributed by atoms with E-state index in [4.69, 9.17) is 5.73 Å². The number of nitrogens with zero attached hydrogens (tertiary/aromatic N) is 4. The minimum atomic E-state index is 0.369. The normalized spacial score (nSPS) is 21.2. The molecule has 1 atom stereocenters. The van der Waals surface area contributed by atoms with Crippen molar-refractivity contribution in [2.75, 3.05) is 18.0 Å². The summed E-state index contributed by atoms with van der Waals surface area (Å²) in [6, 6.07) is 0.369. The van der Waals surface area contributed by atoms with Crippen molar-refractivity contribution >= 4 is 17.0 Å². The topological polar surface area (TPSA) is 83.7 Å². The summed E-state index contributed by atoms with van der Waals surface area (Å²) in [5.41, 5.74) is 7.55. The van der Waals surface area contributed by atoms with E-state index in [2.05, 4.69) is 24.8 Å². The summed E-state index contributed by atoms with van der Waals surface area (Å²) in [4.78, 5) is 18.2. The molecule has 3 rings (SSSR count). The van der Waals surface area contributed by atoms with Crippen LogP contribution in [0.3, 0.4) is 0 Å². The summed E-state index contributed by atoms with van der Waals surface area (Å²) in [6.07, 6.45) is 8.08. The Morgan fingerprint density at radius 3 is 3.11 bits per heavy atom. The number of aromatic amines is 1. The van der Waals surface area contributed by atoms with Crippen LogP contribution in [0.25, 0.3) is 11.2 Å². The van der Waals surface area contributed by atoms with Gasteiger partial charge in [-0.15, -0.1) is 0 Å². The van der Waals surface area contributed by atoms with E-state index in [1.807, 2.05) is 0 Å². The Morgan fingerprint density at radius 2 is 2.22 bits per heavy atom. The van der Waals surface area contributed by atoms with Crippen LogP contribution in [-0.4, -0.2) is 39.1 Å². The van der Waals surface area contributed by atoms with Gasteiger partial charge in [-0.25, -0.2) is 15.0 Å². The molecule has 1 aliphatic rings. The average Bonchev–Trinajstić information content (AvgIpc) is 2.76. The second kappa shape index (κ2) is 4.89. The van der Waals surface area contributed by atoms with E-state index in [1.165, 1.54) is 19.3 Å². The van der Waals surface area contributed by atoms with Crippen LogP contribution in [0.15, 0.2) is 12.7 Å². The molecule has 0 bridgehead atoms. The number of hydrogen-bond acceptors (Lipinski definition) is 5. The van der Waals surface area contributed by atoms with E-state index >= 15 is 0 Å². The molecule has 0 radical (unpaired) electrons. The number of H-pyrrole nitrogens is 1. The van der Waals surface area contributed by atoms with E-state index in [-0.39, 0.29) is 0 Å². The van der Waals surface area contributed by atoms with Crippen molar-refractivity contribution < 1.29 is 0 Å². The Morgan fingerprint density at radius 1 is 1.28 bits per heavy atom. The minimum Gasteiger partial charge on any atom is -0.350 e. The molecule has 1 aliphatic heterocycles. The fraction of sp³-hybridized carbons (Fsp3) is 0.583. The second-order valence-electron chi connectivity index (χ2n) is 4.73. The molecule has 0 amide bonds. The molecular weight excluding hydrogens is 228 g/mol. The molecule has 0 spiro atoms. The lowest BCUT2D eigenvalue weighted by atomic mass is 10.1. The molecule has 2 aromatic rings. The number of rotatable bonds is 2. The van der Waals surface area contributed by atoms with Gasteiger partial charge in [0.15, 0.2) is 11.5 Å². The zero-order chi connectivity index (χ0) is 12.4. The highest BCUT2D eigenvalue weighted by atomic mass is 15.2. The lowest BCUT2D eigenvalue weighted by molar-refractivity contribution is 0.576. The van der Waals surface area contributed by atoms with Crippen molar-refractivity contribution in [2.45, 2.75) is 31.7 Å². The van der Waals surface area contributed by atoms with Crippen LogP contribution in [0.4, 0.5) is 5.82 Å². The van der Waals surface area contributed by atoms with Crippen molar-refractivity contribution in [3.63, 3.8) is 0 Å². The summed E-state index contributed by atoms with van der Waals surface area (Å²) in [5.74, 6) is 0.940. The van der Waals surface area contributed by atoms with Crippen LogP contribution in [0.2, 0.25) is 0 Å². The van der Waals surface area contributed by atoms with Gasteiger partial charge in [0.2, 0.25) is 0 Å². The maximum atomic E-state index is 5.91. The van der Waals surface area contributed by atoms with Crippen LogP contribution in [0, 0.1) is 0 Å². The highest BCUT2D eigenvalue weighted by molar-refractivity contribution is 5.82. The van der Waals surface area contributed by atoms with Gasteiger partial charge in [0.25, 0.3) is 0 Å². The maximum absolute atomic E-state index is 5.91. The SMILES string of the molecule is NCC1CCCCCN1c1ncnc2nc[nH]c12. The molecule has 1 fully saturated rings. The van der Waals surface area contributed by atoms with Gasteiger partial charge in [-0.2, -0.15) is 0 Å². The van der Waals surface area contributed by atoms with Crippen molar-refractivity contribution in [3.8, 4) is 0 Å². The lowest BCUT2D eigenvalue weighted by Crippen LogP contribution is -2.40. The average molecular weight is 246 g/mol. The summed E-state index contributed by atoms with van der Waals surface area (Å²) in [7, 11) is 0. The van der Waals surface area contributed by atoms with Gasteiger partial charge >= 0.3 is 0 Å². The third-order valence-electron chi connectivity index (χ3n) is 3.62.